The molecule has 2 rings (SSSR count). The summed E-state index contributed by atoms with van der Waals surface area (Å²) in [4.78, 5) is 27.7. The number of unbranched alkanes of at least 4 members (excludes halogenated alkanes) is 5. The highest BCUT2D eigenvalue weighted by atomic mass is 16.5. The van der Waals surface area contributed by atoms with Crippen molar-refractivity contribution in [2.75, 3.05) is 20.2 Å². The van der Waals surface area contributed by atoms with Crippen molar-refractivity contribution in [3.05, 3.63) is 30.1 Å². The fourth-order valence-electron chi connectivity index (χ4n) is 2.40. The summed E-state index contributed by atoms with van der Waals surface area (Å²) in [5.41, 5.74) is 0.526. The first-order chi connectivity index (χ1) is 11.6. The molecule has 1 aromatic rings. The summed E-state index contributed by atoms with van der Waals surface area (Å²) >= 11 is 0. The Morgan fingerprint density at radius 2 is 2.00 bits per heavy atom. The Morgan fingerprint density at radius 1 is 1.25 bits per heavy atom. The van der Waals surface area contributed by atoms with Crippen molar-refractivity contribution >= 4 is 11.9 Å². The number of aromatic nitrogens is 1. The van der Waals surface area contributed by atoms with E-state index < -0.39 is 0 Å². The molecule has 2 heterocycles. The monoisotopic (exact) mass is 334 g/mol. The number of amides is 1. The molecule has 0 N–H and O–H groups in total. The average molecular weight is 334 g/mol. The summed E-state index contributed by atoms with van der Waals surface area (Å²) in [5.74, 6) is 0.0201. The van der Waals surface area contributed by atoms with Gasteiger partial charge in [-0.15, -0.1) is 0 Å². The van der Waals surface area contributed by atoms with Crippen molar-refractivity contribution in [2.45, 2.75) is 58.3 Å². The first-order valence-corrected chi connectivity index (χ1v) is 8.96. The summed E-state index contributed by atoms with van der Waals surface area (Å²) in [6, 6.07) is 3.46. The molecule has 0 aromatic carbocycles. The third-order valence-corrected chi connectivity index (χ3v) is 3.94. The topological polar surface area (TPSA) is 59.5 Å². The van der Waals surface area contributed by atoms with Crippen LogP contribution >= 0.6 is 0 Å². The van der Waals surface area contributed by atoms with E-state index in [-0.39, 0.29) is 5.97 Å². The zero-order chi connectivity index (χ0) is 17.6. The van der Waals surface area contributed by atoms with Crippen molar-refractivity contribution in [3.8, 4) is 0 Å². The molecule has 24 heavy (non-hydrogen) atoms. The van der Waals surface area contributed by atoms with Crippen LogP contribution in [0.25, 0.3) is 0 Å². The number of rotatable bonds is 8. The lowest BCUT2D eigenvalue weighted by Gasteiger charge is -2.04. The number of carbonyl (C=O) groups excluding carboxylic acids is 2. The van der Waals surface area contributed by atoms with Gasteiger partial charge in [0.25, 0.3) is 0 Å². The molecular weight excluding hydrogens is 304 g/mol. The molecule has 0 bridgehead atoms. The van der Waals surface area contributed by atoms with E-state index in [1.807, 2.05) is 7.05 Å². The third kappa shape index (κ3) is 8.65. The number of hydrogen-bond donors (Lipinski definition) is 0. The smallest absolute Gasteiger partial charge is 0.339 e. The van der Waals surface area contributed by atoms with E-state index in [1.165, 1.54) is 31.9 Å². The van der Waals surface area contributed by atoms with Crippen LogP contribution in [0, 0.1) is 0 Å². The number of likely N-dealkylation sites (tertiary alicyclic amines) is 1. The van der Waals surface area contributed by atoms with Gasteiger partial charge in [0.05, 0.1) is 12.2 Å². The van der Waals surface area contributed by atoms with Gasteiger partial charge in [-0.05, 0) is 25.0 Å². The van der Waals surface area contributed by atoms with Crippen LogP contribution in [0.3, 0.4) is 0 Å². The van der Waals surface area contributed by atoms with E-state index >= 15 is 0 Å². The van der Waals surface area contributed by atoms with Crippen molar-refractivity contribution in [2.24, 2.45) is 0 Å². The first-order valence-electron chi connectivity index (χ1n) is 8.96. The highest BCUT2D eigenvalue weighted by Crippen LogP contribution is 2.06. The fourth-order valence-corrected chi connectivity index (χ4v) is 2.40. The Labute approximate surface area is 145 Å². The highest BCUT2D eigenvalue weighted by molar-refractivity contribution is 5.88. The van der Waals surface area contributed by atoms with Gasteiger partial charge in [0.1, 0.15) is 0 Å². The van der Waals surface area contributed by atoms with Crippen molar-refractivity contribution < 1.29 is 14.3 Å². The number of hydrogen-bond acceptors (Lipinski definition) is 4. The number of carbonyl (C=O) groups is 2. The molecule has 0 radical (unpaired) electrons. The zero-order valence-electron chi connectivity index (χ0n) is 15.0. The van der Waals surface area contributed by atoms with E-state index in [0.29, 0.717) is 18.1 Å². The minimum absolute atomic E-state index is 0.272. The maximum Gasteiger partial charge on any atom is 0.339 e. The second-order valence-electron chi connectivity index (χ2n) is 6.06. The van der Waals surface area contributed by atoms with Gasteiger partial charge in [0.15, 0.2) is 0 Å². The Balaban J connectivity index is 0.000000341. The molecule has 0 atom stereocenters. The molecule has 0 spiro atoms. The van der Waals surface area contributed by atoms with Gasteiger partial charge in [-0.3, -0.25) is 9.78 Å². The molecule has 5 nitrogen and oxygen atoms in total. The van der Waals surface area contributed by atoms with Gasteiger partial charge < -0.3 is 9.64 Å². The lowest BCUT2D eigenvalue weighted by atomic mass is 10.1. The van der Waals surface area contributed by atoms with Gasteiger partial charge >= 0.3 is 5.97 Å². The van der Waals surface area contributed by atoms with E-state index in [2.05, 4.69) is 11.9 Å². The summed E-state index contributed by atoms with van der Waals surface area (Å²) in [5, 5.41) is 0. The minimum Gasteiger partial charge on any atom is -0.462 e. The maximum absolute atomic E-state index is 11.5. The predicted octanol–water partition coefficient (Wildman–Crippen LogP) is 3.84. The van der Waals surface area contributed by atoms with Crippen molar-refractivity contribution in [1.82, 2.24) is 9.88 Å². The van der Waals surface area contributed by atoms with E-state index in [4.69, 9.17) is 4.74 Å². The molecule has 1 amide bonds. The average Bonchev–Trinajstić information content (AvgIpc) is 2.98. The molecule has 1 aliphatic rings. The summed E-state index contributed by atoms with van der Waals surface area (Å²) in [6.45, 7) is 3.67. The maximum atomic E-state index is 11.5. The normalized spacial score (nSPS) is 13.4. The first kappa shape index (κ1) is 20.1. The van der Waals surface area contributed by atoms with Crippen LogP contribution < -0.4 is 0 Å². The van der Waals surface area contributed by atoms with Gasteiger partial charge in [-0.2, -0.15) is 0 Å². The van der Waals surface area contributed by atoms with Crippen LogP contribution in [0.4, 0.5) is 0 Å². The fraction of sp³-hybridized carbons (Fsp3) is 0.632. The van der Waals surface area contributed by atoms with E-state index in [1.54, 1.807) is 23.2 Å². The number of esters is 1. The Kier molecular flexibility index (Phi) is 10.5. The Hall–Kier alpha value is -1.91. The summed E-state index contributed by atoms with van der Waals surface area (Å²) < 4.78 is 5.16. The van der Waals surface area contributed by atoms with Crippen molar-refractivity contribution in [1.29, 1.82) is 0 Å². The van der Waals surface area contributed by atoms with Gasteiger partial charge in [0.2, 0.25) is 5.91 Å². The van der Waals surface area contributed by atoms with Gasteiger partial charge in [-0.1, -0.05) is 39.0 Å². The van der Waals surface area contributed by atoms with Crippen molar-refractivity contribution in [3.63, 3.8) is 0 Å². The molecular formula is C19H30N2O3. The number of nitrogens with zero attached hydrogens (tertiary/aromatic N) is 2. The minimum atomic E-state index is -0.272. The van der Waals surface area contributed by atoms with Crippen LogP contribution in [0.2, 0.25) is 0 Å². The molecule has 134 valence electrons. The molecule has 5 heteroatoms. The number of pyridine rings is 1. The second-order valence-corrected chi connectivity index (χ2v) is 6.06. The van der Waals surface area contributed by atoms with Gasteiger partial charge in [-0.25, -0.2) is 4.79 Å². The lowest BCUT2D eigenvalue weighted by Crippen LogP contribution is -2.17. The summed E-state index contributed by atoms with van der Waals surface area (Å²) in [6.07, 6.45) is 12.2. The van der Waals surface area contributed by atoms with E-state index in [0.717, 1.165) is 32.2 Å². The largest absolute Gasteiger partial charge is 0.462 e. The molecule has 1 fully saturated rings. The molecule has 1 aromatic heterocycles. The Bertz CT molecular complexity index is 477. The molecule has 1 saturated heterocycles. The SMILES string of the molecule is CCCCCCCCOC(=O)c1cccnc1.CN1CCCC1=O. The molecule has 0 unspecified atom stereocenters. The van der Waals surface area contributed by atoms with Gasteiger partial charge in [0, 0.05) is 32.4 Å². The molecule has 1 aliphatic heterocycles. The lowest BCUT2D eigenvalue weighted by molar-refractivity contribution is -0.126. The second kappa shape index (κ2) is 12.5. The number of ether oxygens (including phenoxy) is 1. The van der Waals surface area contributed by atoms with Crippen LogP contribution in [0.1, 0.15) is 68.6 Å². The van der Waals surface area contributed by atoms with Crippen LogP contribution in [0.5, 0.6) is 0 Å². The third-order valence-electron chi connectivity index (χ3n) is 3.94. The van der Waals surface area contributed by atoms with Crippen LogP contribution in [-0.2, 0) is 9.53 Å². The van der Waals surface area contributed by atoms with Crippen LogP contribution in [-0.4, -0.2) is 42.0 Å². The zero-order valence-corrected chi connectivity index (χ0v) is 15.0. The quantitative estimate of drug-likeness (QED) is 0.535. The van der Waals surface area contributed by atoms with Crippen LogP contribution in [0.15, 0.2) is 24.5 Å². The Morgan fingerprint density at radius 3 is 2.54 bits per heavy atom. The standard InChI is InChI=1S/C14H21NO2.C5H9NO/c1-2-3-4-5-6-7-11-17-14(16)13-9-8-10-15-12-13;1-6-4-2-3-5(6)7/h8-10,12H,2-7,11H2,1H3;2-4H2,1H3. The summed E-state index contributed by atoms with van der Waals surface area (Å²) in [7, 11) is 1.84. The molecule has 0 saturated carbocycles. The predicted molar refractivity (Wildman–Crippen MR) is 94.8 cm³/mol. The highest BCUT2D eigenvalue weighted by Gasteiger charge is 2.14. The van der Waals surface area contributed by atoms with E-state index in [9.17, 15) is 9.59 Å². The molecule has 0 aliphatic carbocycles.